The molecule has 1 unspecified atom stereocenters. The smallest absolute Gasteiger partial charge is 0.250 e. The molecule has 0 amide bonds. The van der Waals surface area contributed by atoms with Crippen LogP contribution in [0.25, 0.3) is 0 Å². The van der Waals surface area contributed by atoms with Crippen LogP contribution in [0.5, 0.6) is 0 Å². The third kappa shape index (κ3) is 5.34. The Morgan fingerprint density at radius 1 is 1.38 bits per heavy atom. The topological polar surface area (TPSA) is 67.4 Å². The van der Waals surface area contributed by atoms with Crippen molar-refractivity contribution in [3.05, 3.63) is 17.0 Å². The molecule has 0 bridgehead atoms. The van der Waals surface area contributed by atoms with Crippen LogP contribution in [0.2, 0.25) is 0 Å². The number of sulfonamides is 1. The van der Waals surface area contributed by atoms with Crippen LogP contribution in [0.3, 0.4) is 0 Å². The molecular weight excluding hydrogens is 308 g/mol. The summed E-state index contributed by atoms with van der Waals surface area (Å²) in [4.78, 5) is 1.04. The molecular formula is C14H24N2O3S2. The van der Waals surface area contributed by atoms with Crippen LogP contribution in [-0.4, -0.2) is 34.2 Å². The molecule has 0 radical (unpaired) electrons. The van der Waals surface area contributed by atoms with Crippen LogP contribution in [0.15, 0.2) is 16.3 Å². The van der Waals surface area contributed by atoms with Crippen LogP contribution in [0.1, 0.15) is 37.5 Å². The lowest BCUT2D eigenvalue weighted by Crippen LogP contribution is -2.29. The Labute approximate surface area is 131 Å². The number of thiophene rings is 1. The molecule has 1 aromatic rings. The molecule has 0 spiro atoms. The summed E-state index contributed by atoms with van der Waals surface area (Å²) in [6.07, 6.45) is 4.28. The largest absolute Gasteiger partial charge is 0.378 e. The zero-order chi connectivity index (χ0) is 15.1. The van der Waals surface area contributed by atoms with Crippen molar-refractivity contribution in [2.24, 2.45) is 0 Å². The maximum atomic E-state index is 12.2. The fourth-order valence-electron chi connectivity index (χ4n) is 2.31. The van der Waals surface area contributed by atoms with E-state index in [9.17, 15) is 8.42 Å². The SMILES string of the molecule is CCNCc1ccc(S(=O)(=O)NCCC2CCCCO2)s1. The minimum absolute atomic E-state index is 0.203. The van der Waals surface area contributed by atoms with E-state index in [4.69, 9.17) is 4.74 Å². The quantitative estimate of drug-likeness (QED) is 0.765. The lowest BCUT2D eigenvalue weighted by Gasteiger charge is -2.22. The van der Waals surface area contributed by atoms with Gasteiger partial charge in [0, 0.05) is 24.6 Å². The van der Waals surface area contributed by atoms with Crippen LogP contribution >= 0.6 is 11.3 Å². The first-order valence-corrected chi connectivity index (χ1v) is 9.82. The van der Waals surface area contributed by atoms with E-state index in [0.717, 1.165) is 37.3 Å². The number of hydrogen-bond donors (Lipinski definition) is 2. The molecule has 1 aliphatic rings. The molecule has 1 aromatic heterocycles. The molecule has 2 N–H and O–H groups in total. The van der Waals surface area contributed by atoms with Crippen molar-refractivity contribution in [3.8, 4) is 0 Å². The Kier molecular flexibility index (Phi) is 6.63. The van der Waals surface area contributed by atoms with E-state index in [-0.39, 0.29) is 6.10 Å². The minimum atomic E-state index is -3.38. The molecule has 21 heavy (non-hydrogen) atoms. The van der Waals surface area contributed by atoms with Gasteiger partial charge in [-0.2, -0.15) is 0 Å². The van der Waals surface area contributed by atoms with Crippen molar-refractivity contribution in [1.82, 2.24) is 10.0 Å². The maximum absolute atomic E-state index is 12.2. The molecule has 1 fully saturated rings. The molecule has 1 saturated heterocycles. The van der Waals surface area contributed by atoms with E-state index < -0.39 is 10.0 Å². The minimum Gasteiger partial charge on any atom is -0.378 e. The van der Waals surface area contributed by atoms with Gasteiger partial charge in [0.15, 0.2) is 0 Å². The van der Waals surface area contributed by atoms with E-state index >= 15 is 0 Å². The van der Waals surface area contributed by atoms with Crippen molar-refractivity contribution in [2.75, 3.05) is 19.7 Å². The Morgan fingerprint density at radius 3 is 2.95 bits per heavy atom. The predicted molar refractivity (Wildman–Crippen MR) is 85.1 cm³/mol. The summed E-state index contributed by atoms with van der Waals surface area (Å²) >= 11 is 1.32. The van der Waals surface area contributed by atoms with Gasteiger partial charge in [0.1, 0.15) is 4.21 Å². The maximum Gasteiger partial charge on any atom is 0.250 e. The average molecular weight is 332 g/mol. The van der Waals surface area contributed by atoms with Crippen LogP contribution in [-0.2, 0) is 21.3 Å². The Hall–Kier alpha value is -0.470. The van der Waals surface area contributed by atoms with Gasteiger partial charge < -0.3 is 10.1 Å². The highest BCUT2D eigenvalue weighted by Gasteiger charge is 2.18. The first-order chi connectivity index (χ1) is 10.1. The highest BCUT2D eigenvalue weighted by molar-refractivity contribution is 7.91. The van der Waals surface area contributed by atoms with Crippen molar-refractivity contribution < 1.29 is 13.2 Å². The van der Waals surface area contributed by atoms with E-state index in [1.54, 1.807) is 6.07 Å². The average Bonchev–Trinajstić information content (AvgIpc) is 2.96. The highest BCUT2D eigenvalue weighted by atomic mass is 32.2. The van der Waals surface area contributed by atoms with Gasteiger partial charge >= 0.3 is 0 Å². The summed E-state index contributed by atoms with van der Waals surface area (Å²) in [6, 6.07) is 3.54. The molecule has 2 heterocycles. The number of nitrogens with one attached hydrogen (secondary N) is 2. The third-order valence-electron chi connectivity index (χ3n) is 3.48. The normalized spacial score (nSPS) is 19.8. The third-order valence-corrected chi connectivity index (χ3v) is 6.52. The number of rotatable bonds is 8. The van der Waals surface area contributed by atoms with Gasteiger partial charge in [-0.25, -0.2) is 13.1 Å². The molecule has 120 valence electrons. The second-order valence-electron chi connectivity index (χ2n) is 5.18. The fraction of sp³-hybridized carbons (Fsp3) is 0.714. The standard InChI is InChI=1S/C14H24N2O3S2/c1-2-15-11-13-6-7-14(20-13)21(17,18)16-9-8-12-5-3-4-10-19-12/h6-7,12,15-16H,2-5,8-11H2,1H3. The summed E-state index contributed by atoms with van der Waals surface area (Å²) in [5.41, 5.74) is 0. The second-order valence-corrected chi connectivity index (χ2v) is 8.34. The van der Waals surface area contributed by atoms with E-state index in [1.807, 2.05) is 13.0 Å². The lowest BCUT2D eigenvalue weighted by molar-refractivity contribution is 0.0123. The van der Waals surface area contributed by atoms with Gasteiger partial charge in [0.05, 0.1) is 6.10 Å². The number of hydrogen-bond acceptors (Lipinski definition) is 5. The van der Waals surface area contributed by atoms with Crippen molar-refractivity contribution in [2.45, 2.75) is 49.5 Å². The molecule has 0 aliphatic carbocycles. The Balaban J connectivity index is 1.81. The molecule has 5 nitrogen and oxygen atoms in total. The van der Waals surface area contributed by atoms with E-state index in [2.05, 4.69) is 10.0 Å². The molecule has 2 rings (SSSR count). The van der Waals surface area contributed by atoms with Gasteiger partial charge in [-0.05, 0) is 44.4 Å². The first-order valence-electron chi connectivity index (χ1n) is 7.52. The van der Waals surface area contributed by atoms with Gasteiger partial charge in [-0.3, -0.25) is 0 Å². The van der Waals surface area contributed by atoms with E-state index in [0.29, 0.717) is 17.3 Å². The lowest BCUT2D eigenvalue weighted by atomic mass is 10.1. The molecule has 1 aliphatic heterocycles. The monoisotopic (exact) mass is 332 g/mol. The van der Waals surface area contributed by atoms with Gasteiger partial charge in [0.25, 0.3) is 0 Å². The number of ether oxygens (including phenoxy) is 1. The summed E-state index contributed by atoms with van der Waals surface area (Å²) in [5, 5.41) is 3.19. The van der Waals surface area contributed by atoms with Gasteiger partial charge in [-0.15, -0.1) is 11.3 Å². The molecule has 7 heteroatoms. The predicted octanol–water partition coefficient (Wildman–Crippen LogP) is 2.10. The van der Waals surface area contributed by atoms with Crippen LogP contribution < -0.4 is 10.0 Å². The summed E-state index contributed by atoms with van der Waals surface area (Å²) in [5.74, 6) is 0. The summed E-state index contributed by atoms with van der Waals surface area (Å²) in [6.45, 7) is 4.86. The molecule has 0 saturated carbocycles. The van der Waals surface area contributed by atoms with Gasteiger partial charge in [-0.1, -0.05) is 6.92 Å². The van der Waals surface area contributed by atoms with Crippen molar-refractivity contribution in [3.63, 3.8) is 0 Å². The molecule has 0 aromatic carbocycles. The molecule has 1 atom stereocenters. The van der Waals surface area contributed by atoms with Gasteiger partial charge in [0.2, 0.25) is 10.0 Å². The fourth-order valence-corrected chi connectivity index (χ4v) is 4.72. The van der Waals surface area contributed by atoms with Crippen molar-refractivity contribution >= 4 is 21.4 Å². The van der Waals surface area contributed by atoms with Crippen LogP contribution in [0.4, 0.5) is 0 Å². The highest BCUT2D eigenvalue weighted by Crippen LogP contribution is 2.21. The second kappa shape index (κ2) is 8.24. The first kappa shape index (κ1) is 16.9. The summed E-state index contributed by atoms with van der Waals surface area (Å²) in [7, 11) is -3.38. The van der Waals surface area contributed by atoms with Crippen LogP contribution in [0, 0.1) is 0 Å². The van der Waals surface area contributed by atoms with Crippen molar-refractivity contribution in [1.29, 1.82) is 0 Å². The Morgan fingerprint density at radius 2 is 2.24 bits per heavy atom. The zero-order valence-electron chi connectivity index (χ0n) is 12.4. The Bertz CT molecular complexity index is 522. The zero-order valence-corrected chi connectivity index (χ0v) is 14.1. The van der Waals surface area contributed by atoms with E-state index in [1.165, 1.54) is 17.8 Å². The summed E-state index contributed by atoms with van der Waals surface area (Å²) < 4.78 is 33.1.